The third-order valence-corrected chi connectivity index (χ3v) is 5.17. The maximum Gasteiger partial charge on any atom is 0.251 e. The molecule has 4 nitrogen and oxygen atoms in total. The fourth-order valence-electron chi connectivity index (χ4n) is 3.65. The highest BCUT2D eigenvalue weighted by atomic mass is 16.1. The number of nitrogens with two attached hydrogens (primary N) is 1. The number of hydrogen-bond donors (Lipinski definition) is 2. The highest BCUT2D eigenvalue weighted by Gasteiger charge is 2.13. The Morgan fingerprint density at radius 1 is 1.11 bits per heavy atom. The van der Waals surface area contributed by atoms with E-state index in [9.17, 15) is 4.79 Å². The normalized spacial score (nSPS) is 14.6. The number of nitrogens with zero attached hydrogens (tertiary/aromatic N) is 1. The summed E-state index contributed by atoms with van der Waals surface area (Å²) < 4.78 is 0. The molecule has 1 heterocycles. The van der Waals surface area contributed by atoms with Gasteiger partial charge >= 0.3 is 0 Å². The number of carbonyl (C=O) groups excluding carboxylic acids is 1. The van der Waals surface area contributed by atoms with E-state index < -0.39 is 0 Å². The van der Waals surface area contributed by atoms with Crippen LogP contribution in [0.2, 0.25) is 0 Å². The maximum absolute atomic E-state index is 11.6. The zero-order valence-corrected chi connectivity index (χ0v) is 16.1. The number of hydrogen-bond acceptors (Lipinski definition) is 3. The molecule has 2 aromatic rings. The average Bonchev–Trinajstić information content (AvgIpc) is 2.68. The van der Waals surface area contributed by atoms with Gasteiger partial charge in [0, 0.05) is 25.3 Å². The third kappa shape index (κ3) is 5.20. The van der Waals surface area contributed by atoms with Gasteiger partial charge in [0.2, 0.25) is 0 Å². The van der Waals surface area contributed by atoms with Gasteiger partial charge in [0.25, 0.3) is 5.91 Å². The van der Waals surface area contributed by atoms with Gasteiger partial charge < -0.3 is 11.1 Å². The van der Waals surface area contributed by atoms with Gasteiger partial charge in [-0.05, 0) is 55.5 Å². The number of unbranched alkanes of at least 4 members (excludes halogenated alkanes) is 1. The summed E-state index contributed by atoms with van der Waals surface area (Å²) >= 11 is 0. The Balaban J connectivity index is 1.40. The lowest BCUT2D eigenvalue weighted by molar-refractivity contribution is 0.100. The van der Waals surface area contributed by atoms with Crippen LogP contribution >= 0.6 is 0 Å². The first-order valence-corrected chi connectivity index (χ1v) is 9.75. The summed E-state index contributed by atoms with van der Waals surface area (Å²) in [5.74, 6) is -0.370. The highest BCUT2D eigenvalue weighted by Crippen LogP contribution is 2.22. The number of benzene rings is 2. The van der Waals surface area contributed by atoms with Crippen molar-refractivity contribution < 1.29 is 4.79 Å². The smallest absolute Gasteiger partial charge is 0.251 e. The molecule has 0 aromatic heterocycles. The van der Waals surface area contributed by atoms with Crippen LogP contribution < -0.4 is 11.1 Å². The van der Waals surface area contributed by atoms with E-state index in [0.717, 1.165) is 56.7 Å². The molecule has 0 aliphatic carbocycles. The largest absolute Gasteiger partial charge is 0.384 e. The van der Waals surface area contributed by atoms with E-state index in [1.807, 2.05) is 25.1 Å². The van der Waals surface area contributed by atoms with Gasteiger partial charge in [-0.2, -0.15) is 0 Å². The molecule has 1 aliphatic rings. The molecule has 0 saturated heterocycles. The van der Waals surface area contributed by atoms with E-state index in [0.29, 0.717) is 5.56 Å². The summed E-state index contributed by atoms with van der Waals surface area (Å²) in [5, 5.41) is 3.37. The Morgan fingerprint density at radius 2 is 1.93 bits per heavy atom. The van der Waals surface area contributed by atoms with Crippen LogP contribution in [-0.2, 0) is 0 Å². The lowest BCUT2D eigenvalue weighted by Crippen LogP contribution is -2.29. The minimum atomic E-state index is -0.370. The van der Waals surface area contributed by atoms with Gasteiger partial charge in [-0.15, -0.1) is 0 Å². The summed E-state index contributed by atoms with van der Waals surface area (Å²) in [6.07, 6.45) is 5.69. The molecule has 0 bridgehead atoms. The van der Waals surface area contributed by atoms with Crippen molar-refractivity contribution >= 4 is 17.2 Å². The average molecular weight is 364 g/mol. The molecular formula is C23H29N3O. The molecule has 0 radical (unpaired) electrons. The summed E-state index contributed by atoms with van der Waals surface area (Å²) in [5.41, 5.74) is 10.7. The van der Waals surface area contributed by atoms with Gasteiger partial charge in [0.1, 0.15) is 0 Å². The first-order valence-electron chi connectivity index (χ1n) is 9.75. The molecule has 142 valence electrons. The maximum atomic E-state index is 11.6. The van der Waals surface area contributed by atoms with Crippen molar-refractivity contribution in [3.05, 3.63) is 71.3 Å². The van der Waals surface area contributed by atoms with Gasteiger partial charge in [0.05, 0.1) is 5.56 Å². The molecule has 1 amide bonds. The summed E-state index contributed by atoms with van der Waals surface area (Å²) in [4.78, 5) is 14.1. The number of carbonyl (C=O) groups is 1. The standard InChI is InChI=1S/C23H29N3O/c1-18-8-7-11-21(22(18)23(24)27)25-14-5-6-15-26-16-12-20(13-17-26)19-9-3-2-4-10-19/h2-4,7-12,25H,5-6,13-17H2,1H3,(H2,24,27). The van der Waals surface area contributed by atoms with E-state index in [1.54, 1.807) is 0 Å². The van der Waals surface area contributed by atoms with E-state index >= 15 is 0 Å². The number of aryl methyl sites for hydroxylation is 1. The topological polar surface area (TPSA) is 58.4 Å². The minimum Gasteiger partial charge on any atom is -0.384 e. The highest BCUT2D eigenvalue weighted by molar-refractivity contribution is 5.99. The summed E-state index contributed by atoms with van der Waals surface area (Å²) in [7, 11) is 0. The molecule has 27 heavy (non-hydrogen) atoms. The first-order chi connectivity index (χ1) is 13.1. The Labute approximate surface area is 162 Å². The number of nitrogens with one attached hydrogen (secondary N) is 1. The lowest BCUT2D eigenvalue weighted by atomic mass is 9.99. The Hall–Kier alpha value is -2.59. The van der Waals surface area contributed by atoms with E-state index in [4.69, 9.17) is 5.73 Å². The minimum absolute atomic E-state index is 0.370. The van der Waals surface area contributed by atoms with Gasteiger partial charge in [-0.25, -0.2) is 0 Å². The fourth-order valence-corrected chi connectivity index (χ4v) is 3.65. The van der Waals surface area contributed by atoms with Crippen LogP contribution in [0.15, 0.2) is 54.6 Å². The van der Waals surface area contributed by atoms with Crippen LogP contribution in [0, 0.1) is 6.92 Å². The molecule has 3 N–H and O–H groups in total. The second-order valence-corrected chi connectivity index (χ2v) is 7.14. The molecule has 2 aromatic carbocycles. The molecule has 0 unspecified atom stereocenters. The van der Waals surface area contributed by atoms with E-state index in [2.05, 4.69) is 46.6 Å². The second kappa shape index (κ2) is 9.38. The quantitative estimate of drug-likeness (QED) is 0.695. The van der Waals surface area contributed by atoms with Crippen LogP contribution in [0.25, 0.3) is 5.57 Å². The predicted octanol–water partition coefficient (Wildman–Crippen LogP) is 4.08. The molecule has 3 rings (SSSR count). The molecule has 0 atom stereocenters. The van der Waals surface area contributed by atoms with Crippen LogP contribution in [0.3, 0.4) is 0 Å². The van der Waals surface area contributed by atoms with Crippen LogP contribution in [0.5, 0.6) is 0 Å². The van der Waals surface area contributed by atoms with Gasteiger partial charge in [-0.3, -0.25) is 9.69 Å². The summed E-state index contributed by atoms with van der Waals surface area (Å²) in [6, 6.07) is 16.5. The number of rotatable bonds is 8. The van der Waals surface area contributed by atoms with Crippen molar-refractivity contribution in [2.24, 2.45) is 5.73 Å². The second-order valence-electron chi connectivity index (χ2n) is 7.14. The van der Waals surface area contributed by atoms with E-state index in [1.165, 1.54) is 11.1 Å². The van der Waals surface area contributed by atoms with Crippen molar-refractivity contribution in [1.82, 2.24) is 4.90 Å². The van der Waals surface area contributed by atoms with Crippen molar-refractivity contribution in [3.8, 4) is 0 Å². The summed E-state index contributed by atoms with van der Waals surface area (Å²) in [6.45, 7) is 6.03. The first kappa shape index (κ1) is 19.2. The Morgan fingerprint density at radius 3 is 2.63 bits per heavy atom. The number of amides is 1. The van der Waals surface area contributed by atoms with Gasteiger partial charge in [-0.1, -0.05) is 48.5 Å². The number of anilines is 1. The lowest BCUT2D eigenvalue weighted by Gasteiger charge is -2.26. The Kier molecular flexibility index (Phi) is 6.66. The van der Waals surface area contributed by atoms with Crippen LogP contribution in [-0.4, -0.2) is 37.0 Å². The van der Waals surface area contributed by atoms with Crippen molar-refractivity contribution in [2.45, 2.75) is 26.2 Å². The molecule has 0 fully saturated rings. The van der Waals surface area contributed by atoms with Crippen molar-refractivity contribution in [2.75, 3.05) is 31.5 Å². The zero-order chi connectivity index (χ0) is 19.1. The molecule has 1 aliphatic heterocycles. The third-order valence-electron chi connectivity index (χ3n) is 5.17. The predicted molar refractivity (Wildman–Crippen MR) is 113 cm³/mol. The van der Waals surface area contributed by atoms with Crippen LogP contribution in [0.4, 0.5) is 5.69 Å². The van der Waals surface area contributed by atoms with Crippen molar-refractivity contribution in [3.63, 3.8) is 0 Å². The molecule has 0 spiro atoms. The monoisotopic (exact) mass is 363 g/mol. The van der Waals surface area contributed by atoms with E-state index in [-0.39, 0.29) is 5.91 Å². The fraction of sp³-hybridized carbons (Fsp3) is 0.348. The molecule has 4 heteroatoms. The SMILES string of the molecule is Cc1cccc(NCCCCN2CC=C(c3ccccc3)CC2)c1C(N)=O. The molecule has 0 saturated carbocycles. The molecular weight excluding hydrogens is 334 g/mol. The van der Waals surface area contributed by atoms with Gasteiger partial charge in [0.15, 0.2) is 0 Å². The zero-order valence-electron chi connectivity index (χ0n) is 16.1. The van der Waals surface area contributed by atoms with Crippen molar-refractivity contribution in [1.29, 1.82) is 0 Å². The van der Waals surface area contributed by atoms with Crippen LogP contribution in [0.1, 0.15) is 40.7 Å². The Bertz CT molecular complexity index is 799. The number of primary amides is 1.